The first-order valence-corrected chi connectivity index (χ1v) is 8.35. The molecule has 6 heteroatoms. The first-order chi connectivity index (χ1) is 9.41. The second-order valence-electron chi connectivity index (χ2n) is 4.95. The van der Waals surface area contributed by atoms with E-state index in [1.165, 1.54) is 24.3 Å². The van der Waals surface area contributed by atoms with Crippen LogP contribution in [0.2, 0.25) is 0 Å². The Balaban J connectivity index is 2.06. The van der Waals surface area contributed by atoms with Crippen molar-refractivity contribution in [3.05, 3.63) is 29.8 Å². The Bertz CT molecular complexity index is 576. The lowest BCUT2D eigenvalue weighted by atomic mass is 10.2. The second kappa shape index (κ2) is 5.93. The summed E-state index contributed by atoms with van der Waals surface area (Å²) in [6, 6.07) is 5.76. The van der Waals surface area contributed by atoms with Crippen molar-refractivity contribution >= 4 is 15.8 Å². The number of hydrogen-bond donors (Lipinski definition) is 0. The van der Waals surface area contributed by atoms with E-state index >= 15 is 0 Å². The summed E-state index contributed by atoms with van der Waals surface area (Å²) < 4.78 is 33.4. The molecule has 1 aliphatic rings. The van der Waals surface area contributed by atoms with E-state index in [9.17, 15) is 13.2 Å². The average molecular weight is 298 g/mol. The van der Waals surface area contributed by atoms with Gasteiger partial charge in [0, 0.05) is 13.4 Å². The summed E-state index contributed by atoms with van der Waals surface area (Å²) in [7, 11) is -1.64. The van der Waals surface area contributed by atoms with Gasteiger partial charge in [-0.25, -0.2) is 13.2 Å². The maximum atomic E-state index is 12.0. The molecule has 1 aromatic carbocycles. The van der Waals surface area contributed by atoms with Gasteiger partial charge in [-0.1, -0.05) is 0 Å². The Morgan fingerprint density at radius 2 is 1.75 bits per heavy atom. The SMILES string of the molecule is CO[C@@H]1CCC[C@@H]1OC(=O)c1ccc(S(C)(=O)=O)cc1. The van der Waals surface area contributed by atoms with Crippen LogP contribution in [0.4, 0.5) is 0 Å². The molecule has 0 radical (unpaired) electrons. The van der Waals surface area contributed by atoms with Gasteiger partial charge in [-0.05, 0) is 43.5 Å². The maximum Gasteiger partial charge on any atom is 0.338 e. The fraction of sp³-hybridized carbons (Fsp3) is 0.500. The average Bonchev–Trinajstić information content (AvgIpc) is 2.85. The lowest BCUT2D eigenvalue weighted by molar-refractivity contribution is -0.0206. The van der Waals surface area contributed by atoms with E-state index in [0.717, 1.165) is 25.5 Å². The van der Waals surface area contributed by atoms with Gasteiger partial charge >= 0.3 is 5.97 Å². The predicted molar refractivity (Wildman–Crippen MR) is 73.4 cm³/mol. The number of methoxy groups -OCH3 is 1. The number of sulfone groups is 1. The van der Waals surface area contributed by atoms with Gasteiger partial charge in [-0.2, -0.15) is 0 Å². The summed E-state index contributed by atoms with van der Waals surface area (Å²) in [6.07, 6.45) is 3.52. The van der Waals surface area contributed by atoms with Crippen molar-refractivity contribution < 1.29 is 22.7 Å². The first-order valence-electron chi connectivity index (χ1n) is 6.45. The lowest BCUT2D eigenvalue weighted by Crippen LogP contribution is -2.27. The highest BCUT2D eigenvalue weighted by molar-refractivity contribution is 7.90. The van der Waals surface area contributed by atoms with Crippen LogP contribution < -0.4 is 0 Å². The molecule has 2 rings (SSSR count). The predicted octanol–water partition coefficient (Wildman–Crippen LogP) is 1.81. The zero-order valence-electron chi connectivity index (χ0n) is 11.5. The van der Waals surface area contributed by atoms with Gasteiger partial charge in [0.1, 0.15) is 6.10 Å². The van der Waals surface area contributed by atoms with Crippen LogP contribution in [0.15, 0.2) is 29.2 Å². The van der Waals surface area contributed by atoms with E-state index in [1.54, 1.807) is 7.11 Å². The molecule has 2 atom stereocenters. The highest BCUT2D eigenvalue weighted by Crippen LogP contribution is 2.25. The molecule has 1 fully saturated rings. The van der Waals surface area contributed by atoms with Gasteiger partial charge in [0.05, 0.1) is 16.6 Å². The number of carbonyl (C=O) groups is 1. The number of esters is 1. The standard InChI is InChI=1S/C14H18O5S/c1-18-12-4-3-5-13(12)19-14(15)10-6-8-11(9-7-10)20(2,16)17/h6-9,12-13H,3-5H2,1-2H3/t12-,13+/m1/s1. The molecule has 5 nitrogen and oxygen atoms in total. The van der Waals surface area contributed by atoms with Gasteiger partial charge < -0.3 is 9.47 Å². The molecule has 0 amide bonds. The highest BCUT2D eigenvalue weighted by Gasteiger charge is 2.30. The lowest BCUT2D eigenvalue weighted by Gasteiger charge is -2.18. The Hall–Kier alpha value is -1.40. The van der Waals surface area contributed by atoms with Crippen LogP contribution in [0.3, 0.4) is 0 Å². The van der Waals surface area contributed by atoms with E-state index in [-0.39, 0.29) is 17.1 Å². The second-order valence-corrected chi connectivity index (χ2v) is 6.96. The summed E-state index contributed by atoms with van der Waals surface area (Å²) in [5.41, 5.74) is 0.346. The summed E-state index contributed by atoms with van der Waals surface area (Å²) >= 11 is 0. The zero-order chi connectivity index (χ0) is 14.8. The normalized spacial score (nSPS) is 22.7. The van der Waals surface area contributed by atoms with E-state index in [4.69, 9.17) is 9.47 Å². The Kier molecular flexibility index (Phi) is 4.45. The fourth-order valence-electron chi connectivity index (χ4n) is 2.34. The van der Waals surface area contributed by atoms with Gasteiger partial charge in [0.2, 0.25) is 0 Å². The van der Waals surface area contributed by atoms with Crippen molar-refractivity contribution in [3.8, 4) is 0 Å². The highest BCUT2D eigenvalue weighted by atomic mass is 32.2. The van der Waals surface area contributed by atoms with E-state index in [2.05, 4.69) is 0 Å². The first kappa shape index (κ1) is 15.0. The third kappa shape index (κ3) is 3.37. The van der Waals surface area contributed by atoms with Crippen molar-refractivity contribution in [2.24, 2.45) is 0 Å². The molecular formula is C14H18O5S. The third-order valence-corrected chi connectivity index (χ3v) is 4.60. The molecule has 0 aromatic heterocycles. The largest absolute Gasteiger partial charge is 0.456 e. The molecule has 1 aliphatic carbocycles. The van der Waals surface area contributed by atoms with Crippen molar-refractivity contribution in [3.63, 3.8) is 0 Å². The number of hydrogen-bond acceptors (Lipinski definition) is 5. The van der Waals surface area contributed by atoms with E-state index < -0.39 is 15.8 Å². The molecule has 0 aliphatic heterocycles. The maximum absolute atomic E-state index is 12.0. The van der Waals surface area contributed by atoms with Crippen LogP contribution >= 0.6 is 0 Å². The van der Waals surface area contributed by atoms with Crippen LogP contribution in [0.25, 0.3) is 0 Å². The molecule has 20 heavy (non-hydrogen) atoms. The molecule has 0 N–H and O–H groups in total. The molecule has 110 valence electrons. The monoisotopic (exact) mass is 298 g/mol. The van der Waals surface area contributed by atoms with Crippen molar-refractivity contribution in [2.75, 3.05) is 13.4 Å². The van der Waals surface area contributed by atoms with Crippen LogP contribution in [-0.4, -0.2) is 40.0 Å². The number of carbonyl (C=O) groups excluding carboxylic acids is 1. The number of benzene rings is 1. The molecule has 1 aromatic rings. The van der Waals surface area contributed by atoms with Crippen molar-refractivity contribution in [1.82, 2.24) is 0 Å². The minimum atomic E-state index is -3.25. The number of rotatable bonds is 4. The summed E-state index contributed by atoms with van der Waals surface area (Å²) in [4.78, 5) is 12.2. The van der Waals surface area contributed by atoms with Crippen LogP contribution in [0.5, 0.6) is 0 Å². The Labute approximate surface area is 118 Å². The van der Waals surface area contributed by atoms with Gasteiger partial charge in [0.25, 0.3) is 0 Å². The van der Waals surface area contributed by atoms with Crippen LogP contribution in [-0.2, 0) is 19.3 Å². The minimum Gasteiger partial charge on any atom is -0.456 e. The molecular weight excluding hydrogens is 280 g/mol. The summed E-state index contributed by atoms with van der Waals surface area (Å²) in [6.45, 7) is 0. The number of ether oxygens (including phenoxy) is 2. The van der Waals surface area contributed by atoms with E-state index in [1.807, 2.05) is 0 Å². The Morgan fingerprint density at radius 1 is 1.15 bits per heavy atom. The zero-order valence-corrected chi connectivity index (χ0v) is 12.4. The quantitative estimate of drug-likeness (QED) is 0.793. The van der Waals surface area contributed by atoms with Gasteiger partial charge in [-0.3, -0.25) is 0 Å². The van der Waals surface area contributed by atoms with Crippen LogP contribution in [0, 0.1) is 0 Å². The Morgan fingerprint density at radius 3 is 2.30 bits per heavy atom. The summed E-state index contributed by atoms with van der Waals surface area (Å²) in [5, 5.41) is 0. The van der Waals surface area contributed by atoms with Crippen molar-refractivity contribution in [1.29, 1.82) is 0 Å². The fourth-order valence-corrected chi connectivity index (χ4v) is 2.97. The third-order valence-electron chi connectivity index (χ3n) is 3.47. The molecule has 0 saturated heterocycles. The van der Waals surface area contributed by atoms with Gasteiger partial charge in [-0.15, -0.1) is 0 Å². The molecule has 0 heterocycles. The topological polar surface area (TPSA) is 69.7 Å². The molecule has 0 spiro atoms. The van der Waals surface area contributed by atoms with Crippen LogP contribution in [0.1, 0.15) is 29.6 Å². The van der Waals surface area contributed by atoms with Crippen molar-refractivity contribution in [2.45, 2.75) is 36.4 Å². The summed E-state index contributed by atoms with van der Waals surface area (Å²) in [5.74, 6) is -0.445. The van der Waals surface area contributed by atoms with E-state index in [0.29, 0.717) is 5.56 Å². The molecule has 0 unspecified atom stereocenters. The minimum absolute atomic E-state index is 0.0470. The molecule has 0 bridgehead atoms. The smallest absolute Gasteiger partial charge is 0.338 e. The molecule has 1 saturated carbocycles. The van der Waals surface area contributed by atoms with Gasteiger partial charge in [0.15, 0.2) is 9.84 Å².